The average molecular weight is 234 g/mol. The molecule has 1 aromatic rings. The highest BCUT2D eigenvalue weighted by Gasteiger charge is 2.04. The lowest BCUT2D eigenvalue weighted by atomic mass is 10.1. The van der Waals surface area contributed by atoms with Crippen molar-refractivity contribution in [3.05, 3.63) is 35.1 Å². The summed E-state index contributed by atoms with van der Waals surface area (Å²) in [6.45, 7) is 3.23. The normalized spacial score (nSPS) is 9.12. The number of carbonyl (C=O) groups is 2. The molecule has 0 saturated carbocycles. The third kappa shape index (κ3) is 3.72. The van der Waals surface area contributed by atoms with E-state index in [2.05, 4.69) is 16.6 Å². The van der Waals surface area contributed by atoms with Crippen LogP contribution in [0.4, 0.5) is 4.39 Å². The quantitative estimate of drug-likeness (QED) is 0.446. The number of ether oxygens (including phenoxy) is 1. The molecule has 17 heavy (non-hydrogen) atoms. The standard InChI is InChI=1S/C13H11FO3/c1-3-17-13(16)7-5-11-8-10(9(2)15)4-6-12(11)14/h4,6,8H,3H2,1-2H3. The average Bonchev–Trinajstić information content (AvgIpc) is 2.28. The van der Waals surface area contributed by atoms with Gasteiger partial charge in [-0.15, -0.1) is 0 Å². The molecule has 88 valence electrons. The lowest BCUT2D eigenvalue weighted by molar-refractivity contribution is -0.136. The van der Waals surface area contributed by atoms with E-state index in [0.717, 1.165) is 6.07 Å². The summed E-state index contributed by atoms with van der Waals surface area (Å²) in [6, 6.07) is 3.82. The van der Waals surface area contributed by atoms with Gasteiger partial charge in [-0.05, 0) is 32.0 Å². The van der Waals surface area contributed by atoms with E-state index in [1.807, 2.05) is 0 Å². The van der Waals surface area contributed by atoms with Crippen LogP contribution in [0.3, 0.4) is 0 Å². The van der Waals surface area contributed by atoms with Crippen molar-refractivity contribution >= 4 is 11.8 Å². The van der Waals surface area contributed by atoms with Crippen molar-refractivity contribution in [2.24, 2.45) is 0 Å². The zero-order chi connectivity index (χ0) is 12.8. The van der Waals surface area contributed by atoms with Gasteiger partial charge < -0.3 is 4.74 Å². The van der Waals surface area contributed by atoms with Gasteiger partial charge in [0.15, 0.2) is 5.78 Å². The van der Waals surface area contributed by atoms with Gasteiger partial charge in [-0.1, -0.05) is 5.92 Å². The van der Waals surface area contributed by atoms with Gasteiger partial charge in [0, 0.05) is 11.5 Å². The number of carbonyl (C=O) groups excluding carboxylic acids is 2. The summed E-state index contributed by atoms with van der Waals surface area (Å²) in [5.74, 6) is 3.00. The molecule has 1 rings (SSSR count). The Balaban J connectivity index is 3.01. The Hall–Kier alpha value is -2.15. The lowest BCUT2D eigenvalue weighted by Crippen LogP contribution is -2.00. The largest absolute Gasteiger partial charge is 0.456 e. The van der Waals surface area contributed by atoms with E-state index in [9.17, 15) is 14.0 Å². The number of ketones is 1. The topological polar surface area (TPSA) is 43.4 Å². The van der Waals surface area contributed by atoms with E-state index in [1.165, 1.54) is 19.1 Å². The highest BCUT2D eigenvalue weighted by atomic mass is 19.1. The van der Waals surface area contributed by atoms with Crippen molar-refractivity contribution in [2.75, 3.05) is 6.61 Å². The van der Waals surface area contributed by atoms with Gasteiger partial charge in [0.2, 0.25) is 0 Å². The molecule has 0 aliphatic heterocycles. The van der Waals surface area contributed by atoms with Gasteiger partial charge in [0.1, 0.15) is 5.82 Å². The molecule has 0 unspecified atom stereocenters. The third-order valence-corrected chi connectivity index (χ3v) is 1.95. The van der Waals surface area contributed by atoms with Crippen LogP contribution in [-0.4, -0.2) is 18.4 Å². The summed E-state index contributed by atoms with van der Waals surface area (Å²) in [5.41, 5.74) is 0.352. The van der Waals surface area contributed by atoms with Crippen LogP contribution in [0, 0.1) is 17.7 Å². The Morgan fingerprint density at radius 2 is 2.12 bits per heavy atom. The fourth-order valence-corrected chi connectivity index (χ4v) is 1.13. The monoisotopic (exact) mass is 234 g/mol. The van der Waals surface area contributed by atoms with Crippen LogP contribution in [0.25, 0.3) is 0 Å². The molecule has 0 fully saturated rings. The molecule has 0 bridgehead atoms. The molecule has 4 heteroatoms. The van der Waals surface area contributed by atoms with Crippen molar-refractivity contribution in [1.82, 2.24) is 0 Å². The van der Waals surface area contributed by atoms with Crippen LogP contribution in [0.15, 0.2) is 18.2 Å². The first-order valence-corrected chi connectivity index (χ1v) is 5.04. The second-order valence-corrected chi connectivity index (χ2v) is 3.22. The minimum absolute atomic E-state index is 0.00533. The second kappa shape index (κ2) is 5.80. The predicted molar refractivity (Wildman–Crippen MR) is 59.9 cm³/mol. The zero-order valence-electron chi connectivity index (χ0n) is 9.54. The highest BCUT2D eigenvalue weighted by molar-refractivity contribution is 5.94. The van der Waals surface area contributed by atoms with Crippen molar-refractivity contribution in [3.8, 4) is 11.8 Å². The van der Waals surface area contributed by atoms with E-state index < -0.39 is 11.8 Å². The smallest absolute Gasteiger partial charge is 0.384 e. The van der Waals surface area contributed by atoms with Crippen LogP contribution in [0.5, 0.6) is 0 Å². The van der Waals surface area contributed by atoms with Gasteiger partial charge in [-0.3, -0.25) is 4.79 Å². The molecule has 0 aliphatic rings. The molecular weight excluding hydrogens is 223 g/mol. The number of Topliss-reactive ketones (excluding diaryl/α,β-unsaturated/α-hetero) is 1. The summed E-state index contributed by atoms with van der Waals surface area (Å²) in [7, 11) is 0. The summed E-state index contributed by atoms with van der Waals surface area (Å²) < 4.78 is 17.9. The van der Waals surface area contributed by atoms with Crippen LogP contribution < -0.4 is 0 Å². The fourth-order valence-electron chi connectivity index (χ4n) is 1.13. The molecule has 0 aromatic heterocycles. The molecule has 0 N–H and O–H groups in total. The Morgan fingerprint density at radius 3 is 2.71 bits per heavy atom. The summed E-state index contributed by atoms with van der Waals surface area (Å²) in [6.07, 6.45) is 0. The minimum atomic E-state index is -0.722. The maximum Gasteiger partial charge on any atom is 0.384 e. The number of hydrogen-bond donors (Lipinski definition) is 0. The Bertz CT molecular complexity index is 509. The SMILES string of the molecule is CCOC(=O)C#Cc1cc(C(C)=O)ccc1F. The molecule has 0 radical (unpaired) electrons. The van der Waals surface area contributed by atoms with Crippen molar-refractivity contribution in [1.29, 1.82) is 0 Å². The maximum atomic E-state index is 13.3. The molecule has 1 aromatic carbocycles. The van der Waals surface area contributed by atoms with E-state index in [1.54, 1.807) is 6.92 Å². The van der Waals surface area contributed by atoms with Crippen LogP contribution in [0.1, 0.15) is 29.8 Å². The summed E-state index contributed by atoms with van der Waals surface area (Å²) in [4.78, 5) is 22.0. The van der Waals surface area contributed by atoms with Crippen molar-refractivity contribution in [3.63, 3.8) is 0 Å². The van der Waals surface area contributed by atoms with E-state index in [-0.39, 0.29) is 18.0 Å². The Morgan fingerprint density at radius 1 is 1.41 bits per heavy atom. The second-order valence-electron chi connectivity index (χ2n) is 3.22. The zero-order valence-corrected chi connectivity index (χ0v) is 9.54. The minimum Gasteiger partial charge on any atom is -0.456 e. The first kappa shape index (κ1) is 12.9. The maximum absolute atomic E-state index is 13.3. The molecular formula is C13H11FO3. The first-order valence-electron chi connectivity index (χ1n) is 5.04. The Kier molecular flexibility index (Phi) is 4.41. The van der Waals surface area contributed by atoms with Gasteiger partial charge in [0.25, 0.3) is 0 Å². The van der Waals surface area contributed by atoms with Gasteiger partial charge in [0.05, 0.1) is 12.2 Å². The van der Waals surface area contributed by atoms with E-state index in [0.29, 0.717) is 5.56 Å². The number of rotatable bonds is 2. The van der Waals surface area contributed by atoms with Crippen LogP contribution in [-0.2, 0) is 9.53 Å². The predicted octanol–water partition coefficient (Wildman–Crippen LogP) is 1.94. The number of hydrogen-bond acceptors (Lipinski definition) is 3. The third-order valence-electron chi connectivity index (χ3n) is 1.95. The molecule has 0 aliphatic carbocycles. The van der Waals surface area contributed by atoms with Gasteiger partial charge in [-0.25, -0.2) is 9.18 Å². The van der Waals surface area contributed by atoms with Gasteiger partial charge >= 0.3 is 5.97 Å². The fraction of sp³-hybridized carbons (Fsp3) is 0.231. The van der Waals surface area contributed by atoms with Crippen molar-refractivity contribution < 1.29 is 18.7 Å². The number of halogens is 1. The summed E-state index contributed by atoms with van der Waals surface area (Å²) in [5, 5.41) is 0. The number of esters is 1. The highest BCUT2D eigenvalue weighted by Crippen LogP contribution is 2.09. The molecule has 0 spiro atoms. The van der Waals surface area contributed by atoms with Crippen LogP contribution >= 0.6 is 0 Å². The number of benzene rings is 1. The lowest BCUT2D eigenvalue weighted by Gasteiger charge is -1.98. The molecule has 0 atom stereocenters. The van der Waals surface area contributed by atoms with Gasteiger partial charge in [-0.2, -0.15) is 0 Å². The summed E-state index contributed by atoms with van der Waals surface area (Å²) >= 11 is 0. The first-order chi connectivity index (χ1) is 8.04. The molecule has 0 saturated heterocycles. The van der Waals surface area contributed by atoms with Crippen molar-refractivity contribution in [2.45, 2.75) is 13.8 Å². The van der Waals surface area contributed by atoms with Crippen LogP contribution in [0.2, 0.25) is 0 Å². The Labute approximate surface area is 98.6 Å². The van der Waals surface area contributed by atoms with E-state index >= 15 is 0 Å². The molecule has 3 nitrogen and oxygen atoms in total. The molecule has 0 amide bonds. The van der Waals surface area contributed by atoms with E-state index in [4.69, 9.17) is 0 Å². The molecule has 0 heterocycles.